The lowest BCUT2D eigenvalue weighted by Crippen LogP contribution is -2.29. The van der Waals surface area contributed by atoms with Crippen LogP contribution in [-0.4, -0.2) is 30.1 Å². The number of carbonyl (C=O) groups is 1. The van der Waals surface area contributed by atoms with E-state index in [1.807, 2.05) is 6.07 Å². The Morgan fingerprint density at radius 1 is 1.29 bits per heavy atom. The van der Waals surface area contributed by atoms with Crippen molar-refractivity contribution in [3.8, 4) is 11.5 Å². The van der Waals surface area contributed by atoms with Gasteiger partial charge in [0.05, 0.1) is 27.0 Å². The van der Waals surface area contributed by atoms with Crippen LogP contribution in [0.1, 0.15) is 11.3 Å². The number of furan rings is 1. The molecule has 0 aliphatic carbocycles. The molecule has 2 aromatic rings. The summed E-state index contributed by atoms with van der Waals surface area (Å²) in [7, 11) is 3.15. The monoisotopic (exact) mass is 344 g/mol. The normalized spacial score (nSPS) is 15.8. The molecular formula is C17H16N2O4S. The Labute approximate surface area is 144 Å². The van der Waals surface area contributed by atoms with Crippen molar-refractivity contribution in [2.24, 2.45) is 0 Å². The molecule has 1 saturated heterocycles. The van der Waals surface area contributed by atoms with Crippen LogP contribution in [-0.2, 0) is 11.3 Å². The number of nitrogens with one attached hydrogen (secondary N) is 1. The van der Waals surface area contributed by atoms with Gasteiger partial charge in [0.25, 0.3) is 5.91 Å². The number of ether oxygens (including phenoxy) is 2. The molecule has 1 aliphatic heterocycles. The highest BCUT2D eigenvalue weighted by atomic mass is 32.1. The lowest BCUT2D eigenvalue weighted by atomic mass is 10.1. The number of amides is 1. The molecule has 0 atom stereocenters. The highest BCUT2D eigenvalue weighted by Crippen LogP contribution is 2.27. The Morgan fingerprint density at radius 2 is 2.12 bits per heavy atom. The fourth-order valence-electron chi connectivity index (χ4n) is 2.37. The highest BCUT2D eigenvalue weighted by Gasteiger charge is 2.31. The van der Waals surface area contributed by atoms with Gasteiger partial charge in [-0.15, -0.1) is 0 Å². The number of rotatable bonds is 5. The number of carbonyl (C=O) groups excluding carboxylic acids is 1. The molecule has 0 radical (unpaired) electrons. The minimum Gasteiger partial charge on any atom is -0.497 e. The van der Waals surface area contributed by atoms with Crippen LogP contribution < -0.4 is 14.8 Å². The van der Waals surface area contributed by atoms with E-state index in [1.54, 1.807) is 50.8 Å². The fourth-order valence-corrected chi connectivity index (χ4v) is 2.62. The molecule has 124 valence electrons. The van der Waals surface area contributed by atoms with Crippen molar-refractivity contribution in [2.75, 3.05) is 14.2 Å². The Kier molecular flexibility index (Phi) is 4.52. The van der Waals surface area contributed by atoms with E-state index >= 15 is 0 Å². The molecule has 1 aromatic heterocycles. The molecule has 1 amide bonds. The van der Waals surface area contributed by atoms with Gasteiger partial charge in [-0.1, -0.05) is 0 Å². The summed E-state index contributed by atoms with van der Waals surface area (Å²) in [4.78, 5) is 14.0. The second kappa shape index (κ2) is 6.76. The minimum atomic E-state index is -0.214. The first-order valence-electron chi connectivity index (χ1n) is 7.21. The van der Waals surface area contributed by atoms with E-state index in [2.05, 4.69) is 5.32 Å². The van der Waals surface area contributed by atoms with Crippen molar-refractivity contribution < 1.29 is 18.7 Å². The van der Waals surface area contributed by atoms with Crippen molar-refractivity contribution >= 4 is 29.3 Å². The van der Waals surface area contributed by atoms with E-state index in [4.69, 9.17) is 26.1 Å². The molecule has 0 spiro atoms. The summed E-state index contributed by atoms with van der Waals surface area (Å²) in [6.45, 7) is 0.286. The number of nitrogens with zero attached hydrogens (tertiary/aromatic N) is 1. The maximum atomic E-state index is 12.6. The smallest absolute Gasteiger partial charge is 0.276 e. The summed E-state index contributed by atoms with van der Waals surface area (Å²) in [6.07, 6.45) is 3.26. The zero-order valence-electron chi connectivity index (χ0n) is 13.2. The number of hydrogen-bond donors (Lipinski definition) is 1. The predicted molar refractivity (Wildman–Crippen MR) is 92.5 cm³/mol. The summed E-state index contributed by atoms with van der Waals surface area (Å²) < 4.78 is 15.8. The molecule has 0 saturated carbocycles. The largest absolute Gasteiger partial charge is 0.497 e. The van der Waals surface area contributed by atoms with Crippen LogP contribution in [0.15, 0.2) is 46.7 Å². The van der Waals surface area contributed by atoms with Crippen molar-refractivity contribution in [3.05, 3.63) is 53.6 Å². The molecule has 1 aliphatic rings. The molecular weight excluding hydrogens is 328 g/mol. The van der Waals surface area contributed by atoms with Gasteiger partial charge in [-0.2, -0.15) is 0 Å². The highest BCUT2D eigenvalue weighted by molar-refractivity contribution is 7.80. The first-order chi connectivity index (χ1) is 11.6. The third-order valence-corrected chi connectivity index (χ3v) is 3.92. The number of methoxy groups -OCH3 is 2. The predicted octanol–water partition coefficient (Wildman–Crippen LogP) is 2.55. The van der Waals surface area contributed by atoms with Crippen molar-refractivity contribution in [1.29, 1.82) is 0 Å². The quantitative estimate of drug-likeness (QED) is 0.664. The Bertz CT molecular complexity index is 799. The summed E-state index contributed by atoms with van der Waals surface area (Å²) in [5.41, 5.74) is 1.13. The van der Waals surface area contributed by atoms with E-state index in [9.17, 15) is 4.79 Å². The van der Waals surface area contributed by atoms with Gasteiger partial charge in [-0.25, -0.2) is 0 Å². The Hall–Kier alpha value is -2.80. The fraction of sp³-hybridized carbons (Fsp3) is 0.176. The lowest BCUT2D eigenvalue weighted by Gasteiger charge is -2.11. The molecule has 3 rings (SSSR count). The topological polar surface area (TPSA) is 63.9 Å². The summed E-state index contributed by atoms with van der Waals surface area (Å²) in [6, 6.07) is 8.94. The molecule has 6 nitrogen and oxygen atoms in total. The van der Waals surface area contributed by atoms with Gasteiger partial charge in [0.1, 0.15) is 23.0 Å². The van der Waals surface area contributed by atoms with Gasteiger partial charge < -0.3 is 19.2 Å². The van der Waals surface area contributed by atoms with Crippen LogP contribution in [0.25, 0.3) is 6.08 Å². The molecule has 1 N–H and O–H groups in total. The first-order valence-corrected chi connectivity index (χ1v) is 7.62. The molecule has 2 heterocycles. The van der Waals surface area contributed by atoms with E-state index in [0.29, 0.717) is 28.1 Å². The van der Waals surface area contributed by atoms with Crippen LogP contribution in [0.2, 0.25) is 0 Å². The molecule has 1 fully saturated rings. The summed E-state index contributed by atoms with van der Waals surface area (Å²) in [5.74, 6) is 1.73. The Balaban J connectivity index is 1.86. The molecule has 7 heteroatoms. The van der Waals surface area contributed by atoms with Crippen LogP contribution >= 0.6 is 12.2 Å². The maximum Gasteiger partial charge on any atom is 0.276 e. The lowest BCUT2D eigenvalue weighted by molar-refractivity contribution is -0.122. The van der Waals surface area contributed by atoms with E-state index in [-0.39, 0.29) is 12.5 Å². The van der Waals surface area contributed by atoms with E-state index in [1.165, 1.54) is 4.90 Å². The zero-order chi connectivity index (χ0) is 17.1. The molecule has 0 bridgehead atoms. The van der Waals surface area contributed by atoms with Gasteiger partial charge in [0.15, 0.2) is 5.11 Å². The van der Waals surface area contributed by atoms with Crippen LogP contribution in [0.3, 0.4) is 0 Å². The van der Waals surface area contributed by atoms with Crippen molar-refractivity contribution in [1.82, 2.24) is 10.2 Å². The van der Waals surface area contributed by atoms with Gasteiger partial charge in [0.2, 0.25) is 0 Å². The zero-order valence-corrected chi connectivity index (χ0v) is 14.1. The van der Waals surface area contributed by atoms with E-state index in [0.717, 1.165) is 5.56 Å². The summed E-state index contributed by atoms with van der Waals surface area (Å²) in [5, 5.41) is 3.28. The number of thiocarbonyl (C=S) groups is 1. The number of benzene rings is 1. The van der Waals surface area contributed by atoms with Crippen LogP contribution in [0.4, 0.5) is 0 Å². The van der Waals surface area contributed by atoms with Crippen LogP contribution in [0, 0.1) is 0 Å². The third-order valence-electron chi connectivity index (χ3n) is 3.60. The van der Waals surface area contributed by atoms with Crippen LogP contribution in [0.5, 0.6) is 11.5 Å². The molecule has 0 unspecified atom stereocenters. The van der Waals surface area contributed by atoms with Gasteiger partial charge in [-0.3, -0.25) is 9.69 Å². The minimum absolute atomic E-state index is 0.214. The molecule has 24 heavy (non-hydrogen) atoms. The average Bonchev–Trinajstić information content (AvgIpc) is 3.19. The maximum absolute atomic E-state index is 12.6. The van der Waals surface area contributed by atoms with Gasteiger partial charge >= 0.3 is 0 Å². The van der Waals surface area contributed by atoms with Crippen molar-refractivity contribution in [3.63, 3.8) is 0 Å². The average molecular weight is 344 g/mol. The Morgan fingerprint density at radius 3 is 2.79 bits per heavy atom. The first kappa shape index (κ1) is 16.1. The van der Waals surface area contributed by atoms with E-state index < -0.39 is 0 Å². The number of hydrogen-bond acceptors (Lipinski definition) is 5. The second-order valence-corrected chi connectivity index (χ2v) is 5.45. The van der Waals surface area contributed by atoms with Crippen molar-refractivity contribution in [2.45, 2.75) is 6.54 Å². The standard InChI is InChI=1S/C17H16N2O4S/c1-21-12-6-5-11(15(9-12)22-2)8-14-16(20)19(17(24)18-14)10-13-4-3-7-23-13/h3-9H,10H2,1-2H3,(H,18,24). The SMILES string of the molecule is COc1ccc(C=C2NC(=S)N(Cc3ccco3)C2=O)c(OC)c1. The third kappa shape index (κ3) is 3.11. The van der Waals surface area contributed by atoms with Gasteiger partial charge in [-0.05, 0) is 42.6 Å². The second-order valence-electron chi connectivity index (χ2n) is 5.07. The summed E-state index contributed by atoms with van der Waals surface area (Å²) >= 11 is 5.24. The van der Waals surface area contributed by atoms with Gasteiger partial charge in [0, 0.05) is 11.6 Å². The molecule has 1 aromatic carbocycles.